The predicted molar refractivity (Wildman–Crippen MR) is 77.7 cm³/mol. The van der Waals surface area contributed by atoms with Crippen LogP contribution < -0.4 is 0 Å². The fourth-order valence-electron chi connectivity index (χ4n) is 2.77. The summed E-state index contributed by atoms with van der Waals surface area (Å²) in [5, 5.41) is 1.30. The maximum absolute atomic E-state index is 6.31. The highest BCUT2D eigenvalue weighted by Crippen LogP contribution is 2.35. The summed E-state index contributed by atoms with van der Waals surface area (Å²) in [7, 11) is 0. The first kappa shape index (κ1) is 12.2. The molecule has 1 aromatic rings. The van der Waals surface area contributed by atoms with Crippen LogP contribution in [0.3, 0.4) is 0 Å². The fraction of sp³-hybridized carbons (Fsp3) is 0.429. The number of hydrogen-bond acceptors (Lipinski definition) is 2. The van der Waals surface area contributed by atoms with Crippen molar-refractivity contribution in [2.45, 2.75) is 19.8 Å². The van der Waals surface area contributed by atoms with E-state index in [2.05, 4.69) is 16.9 Å². The second-order valence-corrected chi connectivity index (χ2v) is 5.78. The van der Waals surface area contributed by atoms with Crippen LogP contribution in [0.4, 0.5) is 5.69 Å². The molecule has 2 aliphatic rings. The highest BCUT2D eigenvalue weighted by molar-refractivity contribution is 6.84. The van der Waals surface area contributed by atoms with Crippen LogP contribution in [0.1, 0.15) is 18.9 Å². The smallest absolute Gasteiger partial charge is 0.150 e. The van der Waals surface area contributed by atoms with E-state index in [4.69, 9.17) is 23.2 Å². The average molecular weight is 281 g/mol. The van der Waals surface area contributed by atoms with Gasteiger partial charge in [-0.25, -0.2) is 4.99 Å². The van der Waals surface area contributed by atoms with Gasteiger partial charge in [0.25, 0.3) is 0 Å². The number of aliphatic imine (C=N–C) groups is 2. The van der Waals surface area contributed by atoms with E-state index in [1.807, 2.05) is 18.2 Å². The maximum atomic E-state index is 6.31. The third-order valence-electron chi connectivity index (χ3n) is 3.87. The topological polar surface area (TPSA) is 24.7 Å². The minimum Gasteiger partial charge on any atom is -0.286 e. The molecule has 0 saturated heterocycles. The van der Waals surface area contributed by atoms with Gasteiger partial charge in [-0.2, -0.15) is 0 Å². The Hall–Kier alpha value is -0.860. The zero-order valence-electron chi connectivity index (χ0n) is 10.2. The minimum absolute atomic E-state index is 0.377. The molecular formula is C14H14Cl2N2. The summed E-state index contributed by atoms with van der Waals surface area (Å²) in [6.07, 6.45) is 2.12. The number of hydrogen-bond donors (Lipinski definition) is 0. The molecule has 0 amide bonds. The maximum Gasteiger partial charge on any atom is 0.150 e. The second-order valence-electron chi connectivity index (χ2n) is 4.98. The van der Waals surface area contributed by atoms with Crippen molar-refractivity contribution in [2.75, 3.05) is 6.54 Å². The lowest BCUT2D eigenvalue weighted by Crippen LogP contribution is -2.32. The molecule has 2 aliphatic heterocycles. The van der Waals surface area contributed by atoms with E-state index in [0.717, 1.165) is 35.8 Å². The van der Waals surface area contributed by atoms with E-state index in [-0.39, 0.29) is 0 Å². The van der Waals surface area contributed by atoms with Crippen molar-refractivity contribution in [3.63, 3.8) is 0 Å². The van der Waals surface area contributed by atoms with Crippen molar-refractivity contribution in [3.8, 4) is 0 Å². The zero-order chi connectivity index (χ0) is 12.7. The molecule has 2 atom stereocenters. The third kappa shape index (κ3) is 2.08. The summed E-state index contributed by atoms with van der Waals surface area (Å²) in [6.45, 7) is 3.04. The van der Waals surface area contributed by atoms with Gasteiger partial charge in [0.2, 0.25) is 0 Å². The van der Waals surface area contributed by atoms with E-state index >= 15 is 0 Å². The monoisotopic (exact) mass is 280 g/mol. The molecule has 4 heteroatoms. The quantitative estimate of drug-likeness (QED) is 0.678. The molecule has 0 aromatic heterocycles. The second kappa shape index (κ2) is 4.67. The summed E-state index contributed by atoms with van der Waals surface area (Å²) in [4.78, 5) is 9.04. The summed E-state index contributed by atoms with van der Waals surface area (Å²) in [5.74, 6) is 0.959. The van der Waals surface area contributed by atoms with Crippen LogP contribution in [0.5, 0.6) is 0 Å². The molecular weight excluding hydrogens is 267 g/mol. The van der Waals surface area contributed by atoms with Crippen molar-refractivity contribution in [2.24, 2.45) is 21.8 Å². The third-order valence-corrected chi connectivity index (χ3v) is 4.39. The van der Waals surface area contributed by atoms with Gasteiger partial charge < -0.3 is 0 Å². The largest absolute Gasteiger partial charge is 0.286 e. The van der Waals surface area contributed by atoms with Crippen molar-refractivity contribution in [1.82, 2.24) is 0 Å². The van der Waals surface area contributed by atoms with Gasteiger partial charge >= 0.3 is 0 Å². The fourth-order valence-corrected chi connectivity index (χ4v) is 3.29. The molecule has 0 aliphatic carbocycles. The molecule has 2 heterocycles. The van der Waals surface area contributed by atoms with Gasteiger partial charge in [0, 0.05) is 17.5 Å². The Kier molecular flexibility index (Phi) is 3.16. The molecule has 3 rings (SSSR count). The zero-order valence-corrected chi connectivity index (χ0v) is 11.7. The van der Waals surface area contributed by atoms with E-state index in [1.54, 1.807) is 0 Å². The van der Waals surface area contributed by atoms with Crippen LogP contribution >= 0.6 is 23.2 Å². The molecule has 2 nitrogen and oxygen atoms in total. The van der Waals surface area contributed by atoms with Crippen molar-refractivity contribution in [1.29, 1.82) is 0 Å². The van der Waals surface area contributed by atoms with Crippen LogP contribution in [0, 0.1) is 11.8 Å². The highest BCUT2D eigenvalue weighted by Gasteiger charge is 2.30. The van der Waals surface area contributed by atoms with Crippen LogP contribution in [-0.4, -0.2) is 17.4 Å². The lowest BCUT2D eigenvalue weighted by Gasteiger charge is -2.30. The van der Waals surface area contributed by atoms with Gasteiger partial charge in [-0.05, 0) is 42.5 Å². The van der Waals surface area contributed by atoms with Gasteiger partial charge in [0.1, 0.15) is 0 Å². The van der Waals surface area contributed by atoms with Gasteiger partial charge in [-0.3, -0.25) is 4.99 Å². The Morgan fingerprint density at radius 1 is 1.28 bits per heavy atom. The van der Waals surface area contributed by atoms with Crippen molar-refractivity contribution < 1.29 is 0 Å². The summed E-state index contributed by atoms with van der Waals surface area (Å²) >= 11 is 12.4. The standard InChI is InChI=1S/C14H14Cl2N2/c1-8-9-4-5-17-13(8)14(16)18-12-3-2-11(15)7-10(12)6-9/h2-3,7-9H,4-6H2,1H3. The van der Waals surface area contributed by atoms with Gasteiger partial charge in [0.15, 0.2) is 5.17 Å². The molecule has 0 radical (unpaired) electrons. The first-order valence-corrected chi connectivity index (χ1v) is 6.98. The number of halogens is 2. The van der Waals surface area contributed by atoms with Crippen LogP contribution in [0.25, 0.3) is 0 Å². The van der Waals surface area contributed by atoms with Gasteiger partial charge in [-0.1, -0.05) is 30.1 Å². The SMILES string of the molecule is CC1C2=NCCC1Cc1cc(Cl)ccc1N=C2Cl. The molecule has 0 N–H and O–H groups in total. The summed E-state index contributed by atoms with van der Waals surface area (Å²) < 4.78 is 0. The number of benzene rings is 1. The predicted octanol–water partition coefficient (Wildman–Crippen LogP) is 4.26. The Bertz CT molecular complexity index is 549. The molecule has 2 unspecified atom stereocenters. The summed E-state index contributed by atoms with van der Waals surface area (Å²) in [5.41, 5.74) is 3.09. The molecule has 0 spiro atoms. The normalized spacial score (nSPS) is 26.6. The molecule has 0 saturated carbocycles. The molecule has 1 aromatic carbocycles. The van der Waals surface area contributed by atoms with Gasteiger partial charge in [-0.15, -0.1) is 0 Å². The van der Waals surface area contributed by atoms with Crippen LogP contribution in [-0.2, 0) is 6.42 Å². The van der Waals surface area contributed by atoms with E-state index in [1.165, 1.54) is 5.56 Å². The lowest BCUT2D eigenvalue weighted by atomic mass is 9.80. The highest BCUT2D eigenvalue weighted by atomic mass is 35.5. The molecule has 0 fully saturated rings. The van der Waals surface area contributed by atoms with Gasteiger partial charge in [0.05, 0.1) is 11.4 Å². The molecule has 2 bridgehead atoms. The lowest BCUT2D eigenvalue weighted by molar-refractivity contribution is 0.399. The van der Waals surface area contributed by atoms with E-state index in [0.29, 0.717) is 17.0 Å². The average Bonchev–Trinajstić information content (AvgIpc) is 2.34. The summed E-state index contributed by atoms with van der Waals surface area (Å²) in [6, 6.07) is 5.80. The Morgan fingerprint density at radius 2 is 2.11 bits per heavy atom. The van der Waals surface area contributed by atoms with Crippen LogP contribution in [0.2, 0.25) is 5.02 Å². The minimum atomic E-state index is 0.377. The first-order valence-electron chi connectivity index (χ1n) is 6.22. The number of nitrogens with zero attached hydrogens (tertiary/aromatic N) is 2. The Morgan fingerprint density at radius 3 is 2.94 bits per heavy atom. The van der Waals surface area contributed by atoms with Crippen molar-refractivity contribution in [3.05, 3.63) is 28.8 Å². The number of fused-ring (bicyclic) bond motifs is 3. The first-order chi connectivity index (χ1) is 8.65. The molecule has 18 heavy (non-hydrogen) atoms. The Balaban J connectivity index is 2.15. The van der Waals surface area contributed by atoms with E-state index in [9.17, 15) is 0 Å². The Labute approximate surface area is 117 Å². The van der Waals surface area contributed by atoms with Crippen molar-refractivity contribution >= 4 is 39.8 Å². The number of rotatable bonds is 0. The molecule has 94 valence electrons. The van der Waals surface area contributed by atoms with E-state index < -0.39 is 0 Å². The van der Waals surface area contributed by atoms with Crippen LogP contribution in [0.15, 0.2) is 28.2 Å².